The molecule has 1 heterocycles. The second-order valence-corrected chi connectivity index (χ2v) is 6.95. The van der Waals surface area contributed by atoms with Crippen molar-refractivity contribution in [2.24, 2.45) is 7.05 Å². The number of aryl methyl sites for hydroxylation is 1. The van der Waals surface area contributed by atoms with Crippen molar-refractivity contribution >= 4 is 33.4 Å². The van der Waals surface area contributed by atoms with Crippen molar-refractivity contribution in [3.63, 3.8) is 0 Å². The lowest BCUT2D eigenvalue weighted by molar-refractivity contribution is 0.602. The molecule has 0 bridgehead atoms. The van der Waals surface area contributed by atoms with Gasteiger partial charge in [0.05, 0.1) is 12.8 Å². The van der Waals surface area contributed by atoms with E-state index in [1.165, 1.54) is 16.6 Å². The second kappa shape index (κ2) is 6.09. The van der Waals surface area contributed by atoms with Crippen LogP contribution in [-0.2, 0) is 17.1 Å². The lowest BCUT2D eigenvalue weighted by Gasteiger charge is -2.04. The smallest absolute Gasteiger partial charge is 0.276 e. The molecule has 0 amide bonds. The summed E-state index contributed by atoms with van der Waals surface area (Å²) in [4.78, 5) is 2.15. The molecule has 108 valence electrons. The summed E-state index contributed by atoms with van der Waals surface area (Å²) in [6.07, 6.45) is 0. The number of hydrogen-bond acceptors (Lipinski definition) is 7. The number of nitrogens with one attached hydrogen (secondary N) is 1. The van der Waals surface area contributed by atoms with Crippen molar-refractivity contribution in [2.45, 2.75) is 4.90 Å². The van der Waals surface area contributed by atoms with Crippen LogP contribution >= 0.6 is 11.8 Å². The Morgan fingerprint density at radius 1 is 1.35 bits per heavy atom. The maximum absolute atomic E-state index is 11.8. The fourth-order valence-corrected chi connectivity index (χ4v) is 3.59. The normalized spacial score (nSPS) is 11.4. The summed E-state index contributed by atoms with van der Waals surface area (Å²) >= 11 is 1.44. The topological polar surface area (TPSA) is 116 Å². The van der Waals surface area contributed by atoms with Gasteiger partial charge in [-0.05, 0) is 29.5 Å². The van der Waals surface area contributed by atoms with Gasteiger partial charge in [-0.3, -0.25) is 0 Å². The molecule has 2 rings (SSSR count). The maximum Gasteiger partial charge on any atom is 0.276 e. The Morgan fingerprint density at radius 3 is 2.65 bits per heavy atom. The van der Waals surface area contributed by atoms with Crippen LogP contribution in [0, 0.1) is 0 Å². The highest BCUT2D eigenvalue weighted by Gasteiger charge is 2.13. The molecule has 0 atom stereocenters. The van der Waals surface area contributed by atoms with E-state index in [0.717, 1.165) is 4.90 Å². The highest BCUT2D eigenvalue weighted by Crippen LogP contribution is 2.19. The zero-order chi connectivity index (χ0) is 14.6. The predicted molar refractivity (Wildman–Crippen MR) is 77.8 cm³/mol. The zero-order valence-electron chi connectivity index (χ0n) is 10.7. The van der Waals surface area contributed by atoms with E-state index in [1.807, 2.05) is 12.1 Å². The van der Waals surface area contributed by atoms with Crippen molar-refractivity contribution in [1.29, 1.82) is 0 Å². The van der Waals surface area contributed by atoms with Crippen LogP contribution in [0.1, 0.15) is 0 Å². The number of thioether (sulfide) groups is 1. The first-order valence-electron chi connectivity index (χ1n) is 5.67. The van der Waals surface area contributed by atoms with Gasteiger partial charge in [-0.25, -0.2) is 13.1 Å². The van der Waals surface area contributed by atoms with Gasteiger partial charge in [0.25, 0.3) is 5.95 Å². The zero-order valence-corrected chi connectivity index (χ0v) is 12.4. The highest BCUT2D eigenvalue weighted by molar-refractivity contribution is 8.00. The number of nitrogen functional groups attached to an aromatic ring is 1. The van der Waals surface area contributed by atoms with Crippen LogP contribution < -0.4 is 10.5 Å². The number of anilines is 2. The highest BCUT2D eigenvalue weighted by atomic mass is 32.2. The van der Waals surface area contributed by atoms with Crippen LogP contribution in [0.2, 0.25) is 0 Å². The second-order valence-electron chi connectivity index (χ2n) is 3.94. The summed E-state index contributed by atoms with van der Waals surface area (Å²) in [7, 11) is -1.92. The molecule has 0 spiro atoms. The number of rotatable bonds is 6. The van der Waals surface area contributed by atoms with Gasteiger partial charge in [0, 0.05) is 16.3 Å². The van der Waals surface area contributed by atoms with Crippen LogP contribution in [0.5, 0.6) is 0 Å². The summed E-state index contributed by atoms with van der Waals surface area (Å²) in [5.41, 5.74) is 6.25. The molecule has 3 N–H and O–H groups in total. The molecule has 10 heteroatoms. The Labute approximate surface area is 120 Å². The fraction of sp³-hybridized carbons (Fsp3) is 0.300. The van der Waals surface area contributed by atoms with E-state index < -0.39 is 10.0 Å². The average Bonchev–Trinajstić information content (AvgIpc) is 2.76. The molecule has 8 nitrogen and oxygen atoms in total. The predicted octanol–water partition coefficient (Wildman–Crippen LogP) is 0.326. The third kappa shape index (κ3) is 4.38. The molecular weight excluding hydrogens is 300 g/mol. The largest absolute Gasteiger partial charge is 0.399 e. The molecule has 0 unspecified atom stereocenters. The summed E-state index contributed by atoms with van der Waals surface area (Å²) in [5, 5.41) is 10.9. The third-order valence-electron chi connectivity index (χ3n) is 2.26. The minimum Gasteiger partial charge on any atom is -0.399 e. The summed E-state index contributed by atoms with van der Waals surface area (Å²) in [5.74, 6) is 0.352. The summed E-state index contributed by atoms with van der Waals surface area (Å²) in [6, 6.07) is 7.26. The lowest BCUT2D eigenvalue weighted by Crippen LogP contribution is -2.19. The molecule has 0 saturated carbocycles. The molecule has 0 aliphatic rings. The van der Waals surface area contributed by atoms with Crippen LogP contribution in [0.4, 0.5) is 11.6 Å². The van der Waals surface area contributed by atoms with Crippen molar-refractivity contribution in [2.75, 3.05) is 22.0 Å². The minimum atomic E-state index is -3.47. The van der Waals surface area contributed by atoms with Crippen molar-refractivity contribution in [3.05, 3.63) is 24.3 Å². The van der Waals surface area contributed by atoms with Gasteiger partial charge >= 0.3 is 0 Å². The molecule has 1 aromatic heterocycles. The third-order valence-corrected chi connectivity index (χ3v) is 4.76. The van der Waals surface area contributed by atoms with E-state index in [2.05, 4.69) is 20.1 Å². The molecule has 0 aliphatic heterocycles. The molecule has 20 heavy (non-hydrogen) atoms. The number of nitrogens with zero attached hydrogens (tertiary/aromatic N) is 4. The van der Waals surface area contributed by atoms with Gasteiger partial charge in [-0.15, -0.1) is 16.9 Å². The van der Waals surface area contributed by atoms with Crippen molar-refractivity contribution in [3.8, 4) is 0 Å². The Kier molecular flexibility index (Phi) is 4.45. The first kappa shape index (κ1) is 14.6. The standard InChI is InChI=1S/C10H14N6O2S2/c1-16-13-10(12-15-16)14-20(17,18)7-6-19-9-4-2-8(11)3-5-9/h2-5H,6-7,11H2,1H3,(H,13,14). The molecule has 0 saturated heterocycles. The van der Waals surface area contributed by atoms with Gasteiger partial charge in [-0.2, -0.15) is 4.80 Å². The van der Waals surface area contributed by atoms with E-state index in [0.29, 0.717) is 11.4 Å². The number of tetrazole rings is 1. The Hall–Kier alpha value is -1.81. The monoisotopic (exact) mass is 314 g/mol. The van der Waals surface area contributed by atoms with E-state index in [9.17, 15) is 8.42 Å². The van der Waals surface area contributed by atoms with Crippen LogP contribution in [-0.4, -0.2) is 40.1 Å². The van der Waals surface area contributed by atoms with Crippen LogP contribution in [0.15, 0.2) is 29.2 Å². The average molecular weight is 314 g/mol. The Balaban J connectivity index is 1.84. The number of hydrogen-bond donors (Lipinski definition) is 2. The SMILES string of the molecule is Cn1nnc(NS(=O)(=O)CCSc2ccc(N)cc2)n1. The Bertz CT molecular complexity index is 667. The van der Waals surface area contributed by atoms with Crippen LogP contribution in [0.3, 0.4) is 0 Å². The summed E-state index contributed by atoms with van der Waals surface area (Å²) < 4.78 is 25.9. The van der Waals surface area contributed by atoms with Gasteiger partial charge in [-0.1, -0.05) is 5.10 Å². The molecule has 1 aromatic carbocycles. The van der Waals surface area contributed by atoms with Gasteiger partial charge in [0.1, 0.15) is 0 Å². The first-order valence-corrected chi connectivity index (χ1v) is 8.31. The first-order chi connectivity index (χ1) is 9.44. The minimum absolute atomic E-state index is 0.0232. The number of nitrogens with two attached hydrogens (primary N) is 1. The number of aromatic nitrogens is 4. The van der Waals surface area contributed by atoms with Gasteiger partial charge in [0.15, 0.2) is 0 Å². The Morgan fingerprint density at radius 2 is 2.05 bits per heavy atom. The van der Waals surface area contributed by atoms with Crippen LogP contribution in [0.25, 0.3) is 0 Å². The van der Waals surface area contributed by atoms with E-state index >= 15 is 0 Å². The molecule has 0 radical (unpaired) electrons. The number of benzene rings is 1. The van der Waals surface area contributed by atoms with E-state index in [1.54, 1.807) is 19.2 Å². The van der Waals surface area contributed by atoms with Crippen molar-refractivity contribution in [1.82, 2.24) is 20.2 Å². The molecule has 2 aromatic rings. The van der Waals surface area contributed by atoms with E-state index in [4.69, 9.17) is 5.73 Å². The van der Waals surface area contributed by atoms with Crippen molar-refractivity contribution < 1.29 is 8.42 Å². The summed E-state index contributed by atoms with van der Waals surface area (Å²) in [6.45, 7) is 0. The fourth-order valence-electron chi connectivity index (χ4n) is 1.35. The molecule has 0 aliphatic carbocycles. The molecular formula is C10H14N6O2S2. The van der Waals surface area contributed by atoms with Gasteiger partial charge in [0.2, 0.25) is 10.0 Å². The number of sulfonamides is 1. The quantitative estimate of drug-likeness (QED) is 0.583. The van der Waals surface area contributed by atoms with E-state index in [-0.39, 0.29) is 11.7 Å². The molecule has 0 fully saturated rings. The maximum atomic E-state index is 11.8. The van der Waals surface area contributed by atoms with Gasteiger partial charge < -0.3 is 5.73 Å². The lowest BCUT2D eigenvalue weighted by atomic mass is 10.3.